The highest BCUT2D eigenvalue weighted by molar-refractivity contribution is 7.91. The largest absolute Gasteiger partial charge is 0.479 e. The minimum absolute atomic E-state index is 0.00696. The van der Waals surface area contributed by atoms with E-state index in [9.17, 15) is 13.2 Å². The van der Waals surface area contributed by atoms with Crippen LogP contribution in [-0.2, 0) is 19.4 Å². The Balaban J connectivity index is 1.72. The minimum Gasteiger partial charge on any atom is -0.479 e. The minimum atomic E-state index is -2.86. The fourth-order valence-corrected chi connectivity index (χ4v) is 4.00. The molecule has 6 nitrogen and oxygen atoms in total. The standard InChI is InChI=1S/C10H17NO5S/c12-10(13)9-2-1-8(16-9)5-11-7-3-4-17(14,15)6-7/h7-9,11H,1-6H2,(H,12,13). The molecule has 3 unspecified atom stereocenters. The molecule has 0 saturated carbocycles. The number of sulfone groups is 1. The molecule has 0 bridgehead atoms. The van der Waals surface area contributed by atoms with Gasteiger partial charge < -0.3 is 15.2 Å². The lowest BCUT2D eigenvalue weighted by Crippen LogP contribution is -2.36. The van der Waals surface area contributed by atoms with E-state index in [0.717, 1.165) is 0 Å². The number of hydrogen-bond acceptors (Lipinski definition) is 5. The van der Waals surface area contributed by atoms with Gasteiger partial charge in [0.15, 0.2) is 15.9 Å². The van der Waals surface area contributed by atoms with Crippen LogP contribution in [0, 0.1) is 0 Å². The van der Waals surface area contributed by atoms with Crippen molar-refractivity contribution in [3.63, 3.8) is 0 Å². The number of nitrogens with one attached hydrogen (secondary N) is 1. The number of carboxylic acid groups (broad SMARTS) is 1. The molecule has 98 valence electrons. The van der Waals surface area contributed by atoms with Crippen LogP contribution in [0.15, 0.2) is 0 Å². The van der Waals surface area contributed by atoms with E-state index in [-0.39, 0.29) is 23.7 Å². The lowest BCUT2D eigenvalue weighted by Gasteiger charge is -2.15. The summed E-state index contributed by atoms with van der Waals surface area (Å²) in [4.78, 5) is 10.7. The van der Waals surface area contributed by atoms with Gasteiger partial charge in [0.1, 0.15) is 0 Å². The van der Waals surface area contributed by atoms with Gasteiger partial charge in [0.25, 0.3) is 0 Å². The van der Waals surface area contributed by atoms with Crippen molar-refractivity contribution in [2.75, 3.05) is 18.1 Å². The van der Waals surface area contributed by atoms with Crippen molar-refractivity contribution in [1.82, 2.24) is 5.32 Å². The summed E-state index contributed by atoms with van der Waals surface area (Å²) in [7, 11) is -2.86. The molecular formula is C10H17NO5S. The summed E-state index contributed by atoms with van der Waals surface area (Å²) in [6, 6.07) is -0.00696. The molecule has 2 aliphatic heterocycles. The molecule has 17 heavy (non-hydrogen) atoms. The van der Waals surface area contributed by atoms with Gasteiger partial charge in [-0.15, -0.1) is 0 Å². The first kappa shape index (κ1) is 12.8. The normalized spacial score (nSPS) is 36.1. The highest BCUT2D eigenvalue weighted by atomic mass is 32.2. The smallest absolute Gasteiger partial charge is 0.332 e. The SMILES string of the molecule is O=C(O)C1CCC(CNC2CCS(=O)(=O)C2)O1. The Morgan fingerprint density at radius 2 is 2.12 bits per heavy atom. The van der Waals surface area contributed by atoms with E-state index >= 15 is 0 Å². The monoisotopic (exact) mass is 263 g/mol. The Hall–Kier alpha value is -0.660. The average molecular weight is 263 g/mol. The molecule has 2 saturated heterocycles. The summed E-state index contributed by atoms with van der Waals surface area (Å²) >= 11 is 0. The van der Waals surface area contributed by atoms with Crippen LogP contribution in [0.1, 0.15) is 19.3 Å². The van der Waals surface area contributed by atoms with E-state index in [1.807, 2.05) is 0 Å². The van der Waals surface area contributed by atoms with Gasteiger partial charge in [0, 0.05) is 12.6 Å². The van der Waals surface area contributed by atoms with E-state index in [0.29, 0.717) is 25.8 Å². The fraction of sp³-hybridized carbons (Fsp3) is 0.900. The van der Waals surface area contributed by atoms with Crippen LogP contribution in [-0.4, -0.2) is 55.8 Å². The number of carbonyl (C=O) groups is 1. The Morgan fingerprint density at radius 3 is 2.65 bits per heavy atom. The van der Waals surface area contributed by atoms with Crippen molar-refractivity contribution in [3.8, 4) is 0 Å². The maximum absolute atomic E-state index is 11.2. The summed E-state index contributed by atoms with van der Waals surface area (Å²) in [6.45, 7) is 0.532. The van der Waals surface area contributed by atoms with Gasteiger partial charge in [0.2, 0.25) is 0 Å². The first-order valence-corrected chi connectivity index (χ1v) is 7.60. The number of ether oxygens (including phenoxy) is 1. The summed E-state index contributed by atoms with van der Waals surface area (Å²) in [5.74, 6) is -0.494. The van der Waals surface area contributed by atoms with E-state index in [4.69, 9.17) is 9.84 Å². The predicted octanol–water partition coefficient (Wildman–Crippen LogP) is -0.605. The fourth-order valence-electron chi connectivity index (χ4n) is 2.29. The predicted molar refractivity (Wildman–Crippen MR) is 60.6 cm³/mol. The molecule has 0 aromatic carbocycles. The molecule has 2 rings (SSSR count). The molecule has 2 N–H and O–H groups in total. The van der Waals surface area contributed by atoms with E-state index in [1.54, 1.807) is 0 Å². The maximum Gasteiger partial charge on any atom is 0.332 e. The first-order chi connectivity index (χ1) is 7.96. The third-order valence-electron chi connectivity index (χ3n) is 3.25. The van der Waals surface area contributed by atoms with Crippen molar-refractivity contribution >= 4 is 15.8 Å². The lowest BCUT2D eigenvalue weighted by molar-refractivity contribution is -0.149. The zero-order chi connectivity index (χ0) is 12.5. The molecule has 0 radical (unpaired) electrons. The zero-order valence-electron chi connectivity index (χ0n) is 9.46. The van der Waals surface area contributed by atoms with Crippen molar-refractivity contribution < 1.29 is 23.1 Å². The number of carboxylic acids is 1. The molecule has 2 fully saturated rings. The van der Waals surface area contributed by atoms with Gasteiger partial charge >= 0.3 is 5.97 Å². The van der Waals surface area contributed by atoms with Gasteiger partial charge in [0.05, 0.1) is 17.6 Å². The van der Waals surface area contributed by atoms with Gasteiger partial charge in [-0.1, -0.05) is 0 Å². The molecule has 0 aromatic heterocycles. The molecule has 2 heterocycles. The number of hydrogen-bond donors (Lipinski definition) is 2. The van der Waals surface area contributed by atoms with Crippen LogP contribution in [0.3, 0.4) is 0 Å². The van der Waals surface area contributed by atoms with Crippen LogP contribution in [0.25, 0.3) is 0 Å². The van der Waals surface area contributed by atoms with Crippen molar-refractivity contribution in [2.24, 2.45) is 0 Å². The highest BCUT2D eigenvalue weighted by Crippen LogP contribution is 2.20. The molecule has 0 spiro atoms. The average Bonchev–Trinajstić information content (AvgIpc) is 2.81. The Kier molecular flexibility index (Phi) is 3.70. The van der Waals surface area contributed by atoms with Crippen LogP contribution in [0.4, 0.5) is 0 Å². The molecule has 0 amide bonds. The van der Waals surface area contributed by atoms with Crippen molar-refractivity contribution in [2.45, 2.75) is 37.5 Å². The summed E-state index contributed by atoms with van der Waals surface area (Å²) in [5.41, 5.74) is 0. The lowest BCUT2D eigenvalue weighted by atomic mass is 10.2. The maximum atomic E-state index is 11.2. The zero-order valence-corrected chi connectivity index (χ0v) is 10.3. The summed E-state index contributed by atoms with van der Waals surface area (Å²) in [5, 5.41) is 11.9. The molecular weight excluding hydrogens is 246 g/mol. The second-order valence-corrected chi connectivity index (χ2v) is 6.90. The molecule has 0 aromatic rings. The molecule has 2 aliphatic rings. The quantitative estimate of drug-likeness (QED) is 0.703. The van der Waals surface area contributed by atoms with Crippen molar-refractivity contribution in [3.05, 3.63) is 0 Å². The number of aliphatic carboxylic acids is 1. The van der Waals surface area contributed by atoms with Gasteiger partial charge in [-0.3, -0.25) is 0 Å². The Labute approximate surface area is 100 Å². The van der Waals surface area contributed by atoms with Gasteiger partial charge in [-0.05, 0) is 19.3 Å². The Bertz CT molecular complexity index is 394. The second-order valence-electron chi connectivity index (χ2n) is 4.67. The van der Waals surface area contributed by atoms with E-state index in [1.165, 1.54) is 0 Å². The van der Waals surface area contributed by atoms with E-state index < -0.39 is 21.9 Å². The molecule has 3 atom stereocenters. The second kappa shape index (κ2) is 4.91. The number of rotatable bonds is 4. The summed E-state index contributed by atoms with van der Waals surface area (Å²) < 4.78 is 27.8. The van der Waals surface area contributed by atoms with Gasteiger partial charge in [-0.25, -0.2) is 13.2 Å². The third-order valence-corrected chi connectivity index (χ3v) is 5.02. The van der Waals surface area contributed by atoms with Crippen LogP contribution < -0.4 is 5.32 Å². The van der Waals surface area contributed by atoms with Crippen LogP contribution >= 0.6 is 0 Å². The van der Waals surface area contributed by atoms with Crippen LogP contribution in [0.2, 0.25) is 0 Å². The van der Waals surface area contributed by atoms with Crippen molar-refractivity contribution in [1.29, 1.82) is 0 Å². The highest BCUT2D eigenvalue weighted by Gasteiger charge is 2.32. The topological polar surface area (TPSA) is 92.7 Å². The summed E-state index contributed by atoms with van der Waals surface area (Å²) in [6.07, 6.45) is 1.07. The van der Waals surface area contributed by atoms with E-state index in [2.05, 4.69) is 5.32 Å². The van der Waals surface area contributed by atoms with Crippen LogP contribution in [0.5, 0.6) is 0 Å². The molecule has 0 aliphatic carbocycles. The van der Waals surface area contributed by atoms with Gasteiger partial charge in [-0.2, -0.15) is 0 Å². The molecule has 7 heteroatoms. The first-order valence-electron chi connectivity index (χ1n) is 5.78. The third kappa shape index (κ3) is 3.40. The Morgan fingerprint density at radius 1 is 1.35 bits per heavy atom.